The summed E-state index contributed by atoms with van der Waals surface area (Å²) in [5.74, 6) is 0.790. The van der Waals surface area contributed by atoms with Crippen LogP contribution in [0.15, 0.2) is 59.1 Å². The van der Waals surface area contributed by atoms with Gasteiger partial charge in [0.25, 0.3) is 0 Å². The van der Waals surface area contributed by atoms with E-state index in [2.05, 4.69) is 56.1 Å². The average molecular weight is 405 g/mol. The third-order valence-electron chi connectivity index (χ3n) is 4.53. The number of anilines is 1. The smallest absolute Gasteiger partial charge is 0.119 e. The summed E-state index contributed by atoms with van der Waals surface area (Å²) >= 11 is 3.40. The summed E-state index contributed by atoms with van der Waals surface area (Å²) in [6.07, 6.45) is 0.304. The summed E-state index contributed by atoms with van der Waals surface area (Å²) in [4.78, 5) is 4.84. The standard InChI is InChI=1S/C20H25BrN2O2/c21-17-6-8-20(9-7-17)25-16-19(24)10-11-22-12-14-23(15-13-22)18-4-2-1-3-5-18/h1-9,19,24H,10-16H2. The normalized spacial score (nSPS) is 16.6. The monoisotopic (exact) mass is 404 g/mol. The quantitative estimate of drug-likeness (QED) is 0.766. The minimum atomic E-state index is -0.434. The Kier molecular flexibility index (Phi) is 6.73. The van der Waals surface area contributed by atoms with E-state index in [-0.39, 0.29) is 0 Å². The second-order valence-electron chi connectivity index (χ2n) is 6.37. The minimum absolute atomic E-state index is 0.339. The van der Waals surface area contributed by atoms with Crippen molar-refractivity contribution in [1.29, 1.82) is 0 Å². The maximum atomic E-state index is 10.2. The zero-order chi connectivity index (χ0) is 17.5. The first kappa shape index (κ1) is 18.2. The Balaban J connectivity index is 1.34. The van der Waals surface area contributed by atoms with Gasteiger partial charge in [-0.05, 0) is 42.8 Å². The van der Waals surface area contributed by atoms with E-state index in [1.165, 1.54) is 5.69 Å². The van der Waals surface area contributed by atoms with E-state index in [1.807, 2.05) is 24.3 Å². The van der Waals surface area contributed by atoms with Crippen LogP contribution in [0.25, 0.3) is 0 Å². The van der Waals surface area contributed by atoms with Crippen LogP contribution in [-0.2, 0) is 0 Å². The number of rotatable bonds is 7. The largest absolute Gasteiger partial charge is 0.491 e. The predicted molar refractivity (Wildman–Crippen MR) is 105 cm³/mol. The Morgan fingerprint density at radius 1 is 0.960 bits per heavy atom. The van der Waals surface area contributed by atoms with Crippen LogP contribution in [0, 0.1) is 0 Å². The van der Waals surface area contributed by atoms with E-state index in [4.69, 9.17) is 4.74 Å². The molecule has 0 saturated carbocycles. The summed E-state index contributed by atoms with van der Waals surface area (Å²) in [6.45, 7) is 5.40. The van der Waals surface area contributed by atoms with Gasteiger partial charge in [0.05, 0.1) is 6.10 Å². The second kappa shape index (κ2) is 9.22. The highest BCUT2D eigenvalue weighted by atomic mass is 79.9. The number of halogens is 1. The maximum absolute atomic E-state index is 10.2. The molecule has 1 heterocycles. The third-order valence-corrected chi connectivity index (χ3v) is 5.06. The molecule has 2 aromatic rings. The van der Waals surface area contributed by atoms with Gasteiger partial charge in [-0.25, -0.2) is 0 Å². The lowest BCUT2D eigenvalue weighted by Gasteiger charge is -2.36. The summed E-state index contributed by atoms with van der Waals surface area (Å²) in [5.41, 5.74) is 1.30. The molecule has 1 aliphatic heterocycles. The highest BCUT2D eigenvalue weighted by Gasteiger charge is 2.18. The Bertz CT molecular complexity index is 628. The van der Waals surface area contributed by atoms with E-state index >= 15 is 0 Å². The van der Waals surface area contributed by atoms with Gasteiger partial charge in [-0.2, -0.15) is 0 Å². The van der Waals surface area contributed by atoms with E-state index < -0.39 is 6.10 Å². The number of benzene rings is 2. The molecule has 1 unspecified atom stereocenters. The highest BCUT2D eigenvalue weighted by Crippen LogP contribution is 2.17. The molecule has 1 aliphatic rings. The molecule has 0 amide bonds. The molecule has 1 N–H and O–H groups in total. The molecule has 0 bridgehead atoms. The van der Waals surface area contributed by atoms with Crippen LogP contribution >= 0.6 is 15.9 Å². The number of piperazine rings is 1. The molecule has 0 radical (unpaired) electrons. The Hall–Kier alpha value is -1.56. The van der Waals surface area contributed by atoms with Crippen molar-refractivity contribution in [3.05, 3.63) is 59.1 Å². The lowest BCUT2D eigenvalue weighted by atomic mass is 10.2. The fourth-order valence-corrected chi connectivity index (χ4v) is 3.27. The van der Waals surface area contributed by atoms with Crippen LogP contribution in [0.5, 0.6) is 5.75 Å². The number of nitrogens with zero attached hydrogens (tertiary/aromatic N) is 2. The first-order chi connectivity index (χ1) is 12.2. The lowest BCUT2D eigenvalue weighted by molar-refractivity contribution is 0.0866. The number of aliphatic hydroxyl groups is 1. The molecule has 0 aromatic heterocycles. The first-order valence-corrected chi connectivity index (χ1v) is 9.59. The van der Waals surface area contributed by atoms with Crippen LogP contribution in [0.1, 0.15) is 6.42 Å². The van der Waals surface area contributed by atoms with E-state index in [0.717, 1.165) is 49.4 Å². The maximum Gasteiger partial charge on any atom is 0.119 e. The molecule has 1 saturated heterocycles. The zero-order valence-corrected chi connectivity index (χ0v) is 15.9. The van der Waals surface area contributed by atoms with Gasteiger partial charge >= 0.3 is 0 Å². The van der Waals surface area contributed by atoms with E-state index in [0.29, 0.717) is 6.61 Å². The Labute approximate surface area is 158 Å². The number of hydrogen-bond donors (Lipinski definition) is 1. The molecule has 3 rings (SSSR count). The number of ether oxygens (including phenoxy) is 1. The van der Waals surface area contributed by atoms with Gasteiger partial charge in [0.2, 0.25) is 0 Å². The van der Waals surface area contributed by atoms with Crippen LogP contribution in [0.4, 0.5) is 5.69 Å². The molecule has 1 atom stereocenters. The molecule has 134 valence electrons. The number of hydrogen-bond acceptors (Lipinski definition) is 4. The van der Waals surface area contributed by atoms with Gasteiger partial charge in [0.1, 0.15) is 12.4 Å². The van der Waals surface area contributed by atoms with E-state index in [1.54, 1.807) is 0 Å². The van der Waals surface area contributed by atoms with Crippen LogP contribution in [0.3, 0.4) is 0 Å². The van der Waals surface area contributed by atoms with Gasteiger partial charge in [-0.15, -0.1) is 0 Å². The molecule has 0 spiro atoms. The first-order valence-electron chi connectivity index (χ1n) is 8.79. The Morgan fingerprint density at radius 2 is 1.64 bits per heavy atom. The van der Waals surface area contributed by atoms with Crippen molar-refractivity contribution >= 4 is 21.6 Å². The van der Waals surface area contributed by atoms with Gasteiger partial charge in [0, 0.05) is 42.9 Å². The van der Waals surface area contributed by atoms with Gasteiger partial charge < -0.3 is 14.7 Å². The molecule has 0 aliphatic carbocycles. The highest BCUT2D eigenvalue weighted by molar-refractivity contribution is 9.10. The number of aliphatic hydroxyl groups excluding tert-OH is 1. The SMILES string of the molecule is OC(CCN1CCN(c2ccccc2)CC1)COc1ccc(Br)cc1. The molecule has 5 heteroatoms. The minimum Gasteiger partial charge on any atom is -0.491 e. The fourth-order valence-electron chi connectivity index (χ4n) is 3.01. The summed E-state index contributed by atoms with van der Waals surface area (Å²) in [6, 6.07) is 18.2. The topological polar surface area (TPSA) is 35.9 Å². The van der Waals surface area contributed by atoms with Gasteiger partial charge in [-0.1, -0.05) is 34.1 Å². The average Bonchev–Trinajstić information content (AvgIpc) is 2.67. The van der Waals surface area contributed by atoms with Crippen molar-refractivity contribution in [3.8, 4) is 5.75 Å². The van der Waals surface area contributed by atoms with Crippen molar-refractivity contribution in [2.75, 3.05) is 44.2 Å². The predicted octanol–water partition coefficient (Wildman–Crippen LogP) is 3.40. The van der Waals surface area contributed by atoms with Crippen LogP contribution in [0.2, 0.25) is 0 Å². The van der Waals surface area contributed by atoms with E-state index in [9.17, 15) is 5.11 Å². The van der Waals surface area contributed by atoms with Crippen LogP contribution < -0.4 is 9.64 Å². The molecule has 4 nitrogen and oxygen atoms in total. The van der Waals surface area contributed by atoms with Crippen molar-refractivity contribution in [3.63, 3.8) is 0 Å². The van der Waals surface area contributed by atoms with Crippen molar-refractivity contribution in [2.24, 2.45) is 0 Å². The fraction of sp³-hybridized carbons (Fsp3) is 0.400. The molecule has 2 aromatic carbocycles. The summed E-state index contributed by atoms with van der Waals surface area (Å²) < 4.78 is 6.66. The second-order valence-corrected chi connectivity index (χ2v) is 7.29. The van der Waals surface area contributed by atoms with Gasteiger partial charge in [-0.3, -0.25) is 4.90 Å². The molecule has 25 heavy (non-hydrogen) atoms. The van der Waals surface area contributed by atoms with Crippen molar-refractivity contribution in [2.45, 2.75) is 12.5 Å². The van der Waals surface area contributed by atoms with Crippen molar-refractivity contribution in [1.82, 2.24) is 4.90 Å². The molecular weight excluding hydrogens is 380 g/mol. The lowest BCUT2D eigenvalue weighted by Crippen LogP contribution is -2.47. The van der Waals surface area contributed by atoms with Crippen molar-refractivity contribution < 1.29 is 9.84 Å². The molecular formula is C20H25BrN2O2. The summed E-state index contributed by atoms with van der Waals surface area (Å²) in [5, 5.41) is 10.2. The van der Waals surface area contributed by atoms with Crippen LogP contribution in [-0.4, -0.2) is 55.4 Å². The third kappa shape index (κ3) is 5.73. The zero-order valence-electron chi connectivity index (χ0n) is 14.4. The summed E-state index contributed by atoms with van der Waals surface area (Å²) in [7, 11) is 0. The Morgan fingerprint density at radius 3 is 2.32 bits per heavy atom. The molecule has 1 fully saturated rings. The number of para-hydroxylation sites is 1. The van der Waals surface area contributed by atoms with Gasteiger partial charge in [0.15, 0.2) is 0 Å².